The van der Waals surface area contributed by atoms with E-state index in [0.717, 1.165) is 25.7 Å². The van der Waals surface area contributed by atoms with Crippen molar-refractivity contribution in [1.82, 2.24) is 10.3 Å². The summed E-state index contributed by atoms with van der Waals surface area (Å²) in [6, 6.07) is -0.0138. The van der Waals surface area contributed by atoms with Crippen LogP contribution in [0.4, 0.5) is 0 Å². The number of aliphatic hydroxyl groups excluding tert-OH is 2. The summed E-state index contributed by atoms with van der Waals surface area (Å²) < 4.78 is 0. The van der Waals surface area contributed by atoms with Gasteiger partial charge < -0.3 is 15.1 Å². The number of hydrogen-bond donors (Lipinski definition) is 4. The minimum Gasteiger partial charge on any atom is -0.377 e. The second kappa shape index (κ2) is 6.99. The lowest BCUT2D eigenvalue weighted by Crippen LogP contribution is -2.42. The lowest BCUT2D eigenvalue weighted by Gasteiger charge is -2.32. The number of nitrogens with two attached hydrogens (primary N) is 1. The van der Waals surface area contributed by atoms with E-state index in [-0.39, 0.29) is 11.9 Å². The molecule has 112 valence electrons. The first kappa shape index (κ1) is 15.2. The number of allylic oxidation sites excluding steroid dienone is 1. The van der Waals surface area contributed by atoms with Crippen molar-refractivity contribution in [3.63, 3.8) is 0 Å². The Morgan fingerprint density at radius 2 is 2.20 bits per heavy atom. The van der Waals surface area contributed by atoms with Crippen LogP contribution in [0.3, 0.4) is 0 Å². The van der Waals surface area contributed by atoms with Gasteiger partial charge in [0.15, 0.2) is 0 Å². The van der Waals surface area contributed by atoms with Crippen LogP contribution in [0, 0.1) is 5.92 Å². The van der Waals surface area contributed by atoms with Gasteiger partial charge in [0.1, 0.15) is 12.5 Å². The topological polar surface area (TPSA) is 98.8 Å². The molecule has 2 rings (SSSR count). The van der Waals surface area contributed by atoms with Gasteiger partial charge in [-0.15, -0.1) is 0 Å². The number of amides is 1. The average Bonchev–Trinajstić information content (AvgIpc) is 2.79. The molecule has 0 fully saturated rings. The minimum absolute atomic E-state index is 0.0138. The molecule has 0 aromatic heterocycles. The molecule has 6 nitrogen and oxygen atoms in total. The molecule has 0 spiro atoms. The summed E-state index contributed by atoms with van der Waals surface area (Å²) in [5, 5.41) is 19.0. The molecule has 20 heavy (non-hydrogen) atoms. The zero-order valence-electron chi connectivity index (χ0n) is 11.5. The summed E-state index contributed by atoms with van der Waals surface area (Å²) in [4.78, 5) is 13.2. The first-order chi connectivity index (χ1) is 9.61. The van der Waals surface area contributed by atoms with Crippen molar-refractivity contribution < 1.29 is 15.0 Å². The van der Waals surface area contributed by atoms with E-state index in [1.165, 1.54) is 17.1 Å². The molecule has 1 aliphatic carbocycles. The van der Waals surface area contributed by atoms with Crippen LogP contribution in [-0.4, -0.2) is 39.5 Å². The van der Waals surface area contributed by atoms with Crippen molar-refractivity contribution in [2.45, 2.75) is 50.6 Å². The Morgan fingerprint density at radius 3 is 2.75 bits per heavy atom. The molecular formula is C14H23N3O3. The van der Waals surface area contributed by atoms with Crippen LogP contribution in [0.1, 0.15) is 32.1 Å². The zero-order chi connectivity index (χ0) is 14.5. The van der Waals surface area contributed by atoms with Crippen molar-refractivity contribution in [2.24, 2.45) is 11.8 Å². The van der Waals surface area contributed by atoms with Crippen LogP contribution in [0.2, 0.25) is 0 Å². The van der Waals surface area contributed by atoms with E-state index in [4.69, 9.17) is 5.84 Å². The van der Waals surface area contributed by atoms with Crippen molar-refractivity contribution in [3.8, 4) is 0 Å². The third-order valence-electron chi connectivity index (χ3n) is 3.99. The fourth-order valence-corrected chi connectivity index (χ4v) is 2.83. The SMILES string of the molecule is NNC(O)CCCC1C=CC(N2C(=O)C=CC2O)CC1. The third kappa shape index (κ3) is 3.67. The molecular weight excluding hydrogens is 258 g/mol. The molecule has 0 aromatic carbocycles. The van der Waals surface area contributed by atoms with Crippen molar-refractivity contribution in [3.05, 3.63) is 24.3 Å². The second-order valence-corrected chi connectivity index (χ2v) is 5.42. The van der Waals surface area contributed by atoms with Gasteiger partial charge in [-0.25, -0.2) is 5.43 Å². The molecule has 4 atom stereocenters. The summed E-state index contributed by atoms with van der Waals surface area (Å²) in [5.41, 5.74) is 2.32. The highest BCUT2D eigenvalue weighted by molar-refractivity contribution is 5.90. The van der Waals surface area contributed by atoms with E-state index in [1.807, 2.05) is 6.08 Å². The summed E-state index contributed by atoms with van der Waals surface area (Å²) >= 11 is 0. The number of hydrogen-bond acceptors (Lipinski definition) is 5. The van der Waals surface area contributed by atoms with Gasteiger partial charge in [-0.2, -0.15) is 0 Å². The lowest BCUT2D eigenvalue weighted by molar-refractivity contribution is -0.133. The number of hydrazine groups is 1. The largest absolute Gasteiger partial charge is 0.377 e. The fourth-order valence-electron chi connectivity index (χ4n) is 2.83. The zero-order valence-corrected chi connectivity index (χ0v) is 11.5. The van der Waals surface area contributed by atoms with Gasteiger partial charge in [-0.3, -0.25) is 10.6 Å². The van der Waals surface area contributed by atoms with Crippen LogP contribution in [-0.2, 0) is 4.79 Å². The van der Waals surface area contributed by atoms with Gasteiger partial charge in [0.05, 0.1) is 6.04 Å². The lowest BCUT2D eigenvalue weighted by atomic mass is 9.88. The molecule has 1 heterocycles. The Bertz CT molecular complexity index is 397. The number of rotatable bonds is 6. The normalized spacial score (nSPS) is 31.1. The maximum Gasteiger partial charge on any atom is 0.249 e. The number of carbonyl (C=O) groups is 1. The van der Waals surface area contributed by atoms with Gasteiger partial charge in [-0.05, 0) is 44.1 Å². The van der Waals surface area contributed by atoms with Crippen LogP contribution in [0.25, 0.3) is 0 Å². The van der Waals surface area contributed by atoms with Crippen molar-refractivity contribution in [2.75, 3.05) is 0 Å². The Kier molecular flexibility index (Phi) is 5.31. The standard InChI is InChI=1S/C14H23N3O3/c15-16-12(18)3-1-2-10-4-6-11(7-5-10)17-13(19)8-9-14(17)20/h4,6,8-13,16,18-19H,1-3,5,7,15H2. The summed E-state index contributed by atoms with van der Waals surface area (Å²) in [7, 11) is 0. The molecule has 0 saturated heterocycles. The smallest absolute Gasteiger partial charge is 0.249 e. The molecule has 0 saturated carbocycles. The maximum atomic E-state index is 11.6. The highest BCUT2D eigenvalue weighted by atomic mass is 16.3. The van der Waals surface area contributed by atoms with E-state index < -0.39 is 12.5 Å². The molecule has 1 aliphatic heterocycles. The van der Waals surface area contributed by atoms with Crippen molar-refractivity contribution in [1.29, 1.82) is 0 Å². The average molecular weight is 281 g/mol. The monoisotopic (exact) mass is 281 g/mol. The molecule has 4 unspecified atom stereocenters. The van der Waals surface area contributed by atoms with E-state index in [2.05, 4.69) is 11.5 Å². The van der Waals surface area contributed by atoms with Gasteiger partial charge in [-0.1, -0.05) is 12.2 Å². The van der Waals surface area contributed by atoms with E-state index >= 15 is 0 Å². The highest BCUT2D eigenvalue weighted by Gasteiger charge is 2.31. The summed E-state index contributed by atoms with van der Waals surface area (Å²) in [5.74, 6) is 5.47. The molecule has 1 amide bonds. The maximum absolute atomic E-state index is 11.6. The van der Waals surface area contributed by atoms with Gasteiger partial charge in [0.25, 0.3) is 0 Å². The van der Waals surface area contributed by atoms with E-state index in [1.54, 1.807) is 0 Å². The Balaban J connectivity index is 1.77. The predicted molar refractivity (Wildman–Crippen MR) is 74.8 cm³/mol. The minimum atomic E-state index is -0.792. The Labute approximate surface area is 118 Å². The number of nitrogens with one attached hydrogen (secondary N) is 1. The highest BCUT2D eigenvalue weighted by Crippen LogP contribution is 2.27. The van der Waals surface area contributed by atoms with Crippen LogP contribution >= 0.6 is 0 Å². The second-order valence-electron chi connectivity index (χ2n) is 5.42. The van der Waals surface area contributed by atoms with Crippen LogP contribution in [0.15, 0.2) is 24.3 Å². The fraction of sp³-hybridized carbons (Fsp3) is 0.643. The number of carbonyl (C=O) groups excluding carboxylic acids is 1. The first-order valence-corrected chi connectivity index (χ1v) is 7.13. The summed E-state index contributed by atoms with van der Waals surface area (Å²) in [6.45, 7) is 0. The van der Waals surface area contributed by atoms with Crippen LogP contribution in [0.5, 0.6) is 0 Å². The molecule has 2 aliphatic rings. The van der Waals surface area contributed by atoms with Crippen LogP contribution < -0.4 is 11.3 Å². The third-order valence-corrected chi connectivity index (χ3v) is 3.99. The molecule has 0 aromatic rings. The van der Waals surface area contributed by atoms with Gasteiger partial charge >= 0.3 is 0 Å². The Morgan fingerprint density at radius 1 is 1.40 bits per heavy atom. The predicted octanol–water partition coefficient (Wildman–Crippen LogP) is -0.0100. The molecule has 6 heteroatoms. The van der Waals surface area contributed by atoms with E-state index in [9.17, 15) is 15.0 Å². The van der Waals surface area contributed by atoms with Crippen molar-refractivity contribution >= 4 is 5.91 Å². The summed E-state index contributed by atoms with van der Waals surface area (Å²) in [6.07, 6.45) is 10.0. The quantitative estimate of drug-likeness (QED) is 0.237. The number of nitrogens with zero attached hydrogens (tertiary/aromatic N) is 1. The van der Waals surface area contributed by atoms with Gasteiger partial charge in [0.2, 0.25) is 5.91 Å². The molecule has 5 N–H and O–H groups in total. The van der Waals surface area contributed by atoms with Gasteiger partial charge in [0, 0.05) is 6.08 Å². The number of aliphatic hydroxyl groups is 2. The molecule has 0 bridgehead atoms. The van der Waals surface area contributed by atoms with E-state index in [0.29, 0.717) is 12.3 Å². The first-order valence-electron chi connectivity index (χ1n) is 7.13. The molecule has 0 radical (unpaired) electrons. The Hall–Kier alpha value is -1.21.